The van der Waals surface area contributed by atoms with Gasteiger partial charge in [0.1, 0.15) is 11.6 Å². The monoisotopic (exact) mass is 219 g/mol. The lowest BCUT2D eigenvalue weighted by Gasteiger charge is -2.19. The van der Waals surface area contributed by atoms with Gasteiger partial charge in [0.25, 0.3) is 0 Å². The molecule has 1 aliphatic carbocycles. The minimum absolute atomic E-state index is 0.378. The number of aromatic nitrogens is 1. The SMILES string of the molecule is Nc1cccc(NC2CCOC2C2CC2)n1. The quantitative estimate of drug-likeness (QED) is 0.811. The predicted molar refractivity (Wildman–Crippen MR) is 63.1 cm³/mol. The molecule has 3 N–H and O–H groups in total. The zero-order chi connectivity index (χ0) is 11.0. The van der Waals surface area contributed by atoms with E-state index in [4.69, 9.17) is 10.5 Å². The standard InChI is InChI=1S/C12H17N3O/c13-10-2-1-3-11(15-10)14-9-6-7-16-12(9)8-4-5-8/h1-3,8-9,12H,4-7H2,(H3,13,14,15). The van der Waals surface area contributed by atoms with Crippen molar-refractivity contribution in [1.82, 2.24) is 4.98 Å². The average molecular weight is 219 g/mol. The summed E-state index contributed by atoms with van der Waals surface area (Å²) in [6.07, 6.45) is 4.07. The molecule has 4 heteroatoms. The molecule has 2 unspecified atom stereocenters. The van der Waals surface area contributed by atoms with Gasteiger partial charge < -0.3 is 15.8 Å². The van der Waals surface area contributed by atoms with E-state index in [1.165, 1.54) is 12.8 Å². The van der Waals surface area contributed by atoms with Crippen molar-refractivity contribution >= 4 is 11.6 Å². The highest BCUT2D eigenvalue weighted by molar-refractivity contribution is 5.43. The molecular formula is C12H17N3O. The van der Waals surface area contributed by atoms with Gasteiger partial charge in [-0.05, 0) is 37.3 Å². The Kier molecular flexibility index (Phi) is 2.44. The van der Waals surface area contributed by atoms with Crippen molar-refractivity contribution in [2.24, 2.45) is 5.92 Å². The van der Waals surface area contributed by atoms with Crippen LogP contribution in [0.4, 0.5) is 11.6 Å². The summed E-state index contributed by atoms with van der Waals surface area (Å²) in [5, 5.41) is 3.44. The number of hydrogen-bond acceptors (Lipinski definition) is 4. The second-order valence-electron chi connectivity index (χ2n) is 4.66. The fourth-order valence-corrected chi connectivity index (χ4v) is 2.38. The van der Waals surface area contributed by atoms with Crippen LogP contribution in [0.1, 0.15) is 19.3 Å². The first-order chi connectivity index (χ1) is 7.83. The maximum absolute atomic E-state index is 5.77. The third kappa shape index (κ3) is 1.97. The average Bonchev–Trinajstić information content (AvgIpc) is 3.00. The van der Waals surface area contributed by atoms with Crippen molar-refractivity contribution in [3.63, 3.8) is 0 Å². The summed E-state index contributed by atoms with van der Waals surface area (Å²) >= 11 is 0. The van der Waals surface area contributed by atoms with Crippen molar-refractivity contribution < 1.29 is 4.74 Å². The van der Waals surface area contributed by atoms with Crippen LogP contribution in [0.5, 0.6) is 0 Å². The van der Waals surface area contributed by atoms with E-state index in [9.17, 15) is 0 Å². The van der Waals surface area contributed by atoms with E-state index < -0.39 is 0 Å². The first kappa shape index (κ1) is 9.90. The van der Waals surface area contributed by atoms with Gasteiger partial charge in [-0.2, -0.15) is 0 Å². The molecule has 86 valence electrons. The molecule has 0 bridgehead atoms. The zero-order valence-corrected chi connectivity index (χ0v) is 9.23. The fourth-order valence-electron chi connectivity index (χ4n) is 2.38. The second kappa shape index (κ2) is 3.94. The van der Waals surface area contributed by atoms with Gasteiger partial charge in [-0.25, -0.2) is 4.98 Å². The summed E-state index contributed by atoms with van der Waals surface area (Å²) in [5.41, 5.74) is 5.66. The molecule has 0 amide bonds. The topological polar surface area (TPSA) is 60.2 Å². The Balaban J connectivity index is 1.69. The fraction of sp³-hybridized carbons (Fsp3) is 0.583. The van der Waals surface area contributed by atoms with Gasteiger partial charge in [0.05, 0.1) is 12.1 Å². The van der Waals surface area contributed by atoms with E-state index in [1.807, 2.05) is 12.1 Å². The van der Waals surface area contributed by atoms with Crippen molar-refractivity contribution in [3.8, 4) is 0 Å². The Bertz CT molecular complexity index is 378. The van der Waals surface area contributed by atoms with Crippen molar-refractivity contribution in [3.05, 3.63) is 18.2 Å². The normalized spacial score (nSPS) is 29.2. The number of rotatable bonds is 3. The van der Waals surface area contributed by atoms with Crippen LogP contribution in [0, 0.1) is 5.92 Å². The summed E-state index contributed by atoms with van der Waals surface area (Å²) in [7, 11) is 0. The Morgan fingerprint density at radius 3 is 2.94 bits per heavy atom. The van der Waals surface area contributed by atoms with Crippen molar-refractivity contribution in [1.29, 1.82) is 0 Å². The Labute approximate surface area is 95.2 Å². The van der Waals surface area contributed by atoms with Gasteiger partial charge in [-0.3, -0.25) is 0 Å². The molecule has 2 fully saturated rings. The number of ether oxygens (including phenoxy) is 1. The van der Waals surface area contributed by atoms with Crippen LogP contribution >= 0.6 is 0 Å². The minimum atomic E-state index is 0.378. The lowest BCUT2D eigenvalue weighted by Crippen LogP contribution is -2.31. The molecule has 4 nitrogen and oxygen atoms in total. The molecule has 1 aromatic heterocycles. The Hall–Kier alpha value is -1.29. The van der Waals surface area contributed by atoms with Gasteiger partial charge in [-0.1, -0.05) is 6.07 Å². The van der Waals surface area contributed by atoms with Gasteiger partial charge >= 0.3 is 0 Å². The van der Waals surface area contributed by atoms with Crippen LogP contribution in [0.2, 0.25) is 0 Å². The Morgan fingerprint density at radius 1 is 1.31 bits per heavy atom. The number of nitrogens with one attached hydrogen (secondary N) is 1. The van der Waals surface area contributed by atoms with Gasteiger partial charge in [-0.15, -0.1) is 0 Å². The molecule has 0 radical (unpaired) electrons. The third-order valence-electron chi connectivity index (χ3n) is 3.33. The van der Waals surface area contributed by atoms with Gasteiger partial charge in [0.2, 0.25) is 0 Å². The zero-order valence-electron chi connectivity index (χ0n) is 9.23. The number of anilines is 2. The smallest absolute Gasteiger partial charge is 0.128 e. The number of nitrogens with zero attached hydrogens (tertiary/aromatic N) is 1. The molecular weight excluding hydrogens is 202 g/mol. The van der Waals surface area contributed by atoms with Crippen molar-refractivity contribution in [2.75, 3.05) is 17.7 Å². The van der Waals surface area contributed by atoms with E-state index in [2.05, 4.69) is 10.3 Å². The van der Waals surface area contributed by atoms with Gasteiger partial charge in [0, 0.05) is 6.61 Å². The van der Waals surface area contributed by atoms with Crippen molar-refractivity contribution in [2.45, 2.75) is 31.4 Å². The molecule has 3 rings (SSSR count). The molecule has 1 saturated carbocycles. The van der Waals surface area contributed by atoms with Crippen LogP contribution in [0.3, 0.4) is 0 Å². The summed E-state index contributed by atoms with van der Waals surface area (Å²) in [5.74, 6) is 2.19. The highest BCUT2D eigenvalue weighted by Crippen LogP contribution is 2.39. The van der Waals surface area contributed by atoms with E-state index in [-0.39, 0.29) is 0 Å². The number of pyridine rings is 1. The van der Waals surface area contributed by atoms with Crippen LogP contribution in [-0.4, -0.2) is 23.7 Å². The maximum atomic E-state index is 5.77. The van der Waals surface area contributed by atoms with Crippen LogP contribution in [-0.2, 0) is 4.74 Å². The maximum Gasteiger partial charge on any atom is 0.128 e. The lowest BCUT2D eigenvalue weighted by molar-refractivity contribution is 0.0898. The van der Waals surface area contributed by atoms with E-state index >= 15 is 0 Å². The molecule has 2 aliphatic rings. The largest absolute Gasteiger partial charge is 0.384 e. The van der Waals surface area contributed by atoms with E-state index in [1.54, 1.807) is 6.07 Å². The Morgan fingerprint density at radius 2 is 2.19 bits per heavy atom. The van der Waals surface area contributed by atoms with Crippen LogP contribution < -0.4 is 11.1 Å². The summed E-state index contributed by atoms with van der Waals surface area (Å²) < 4.78 is 5.77. The summed E-state index contributed by atoms with van der Waals surface area (Å²) in [6, 6.07) is 6.08. The highest BCUT2D eigenvalue weighted by atomic mass is 16.5. The number of nitrogen functional groups attached to an aromatic ring is 1. The molecule has 1 aromatic rings. The highest BCUT2D eigenvalue weighted by Gasteiger charge is 2.40. The summed E-state index contributed by atoms with van der Waals surface area (Å²) in [4.78, 5) is 4.26. The molecule has 0 aromatic carbocycles. The van der Waals surface area contributed by atoms with E-state index in [0.29, 0.717) is 18.0 Å². The van der Waals surface area contributed by atoms with Crippen LogP contribution in [0.15, 0.2) is 18.2 Å². The number of nitrogens with two attached hydrogens (primary N) is 1. The lowest BCUT2D eigenvalue weighted by atomic mass is 10.1. The predicted octanol–water partition coefficient (Wildman–Crippen LogP) is 1.64. The van der Waals surface area contributed by atoms with Gasteiger partial charge in [0.15, 0.2) is 0 Å². The third-order valence-corrected chi connectivity index (χ3v) is 3.33. The number of hydrogen-bond donors (Lipinski definition) is 2. The molecule has 1 saturated heterocycles. The molecule has 2 heterocycles. The minimum Gasteiger partial charge on any atom is -0.384 e. The molecule has 0 spiro atoms. The van der Waals surface area contributed by atoms with Crippen LogP contribution in [0.25, 0.3) is 0 Å². The summed E-state index contributed by atoms with van der Waals surface area (Å²) in [6.45, 7) is 0.862. The first-order valence-electron chi connectivity index (χ1n) is 5.93. The second-order valence-corrected chi connectivity index (χ2v) is 4.66. The molecule has 1 aliphatic heterocycles. The van der Waals surface area contributed by atoms with E-state index in [0.717, 1.165) is 24.8 Å². The molecule has 16 heavy (non-hydrogen) atoms. The molecule has 2 atom stereocenters. The first-order valence-corrected chi connectivity index (χ1v) is 5.93.